The van der Waals surface area contributed by atoms with Crippen LogP contribution in [0.25, 0.3) is 0 Å². The summed E-state index contributed by atoms with van der Waals surface area (Å²) in [4.78, 5) is 0. The van der Waals surface area contributed by atoms with E-state index in [9.17, 15) is 0 Å². The molecular weight excluding hydrogens is 316 g/mol. The summed E-state index contributed by atoms with van der Waals surface area (Å²) in [6, 6.07) is 10.5. The van der Waals surface area contributed by atoms with Crippen LogP contribution < -0.4 is 0 Å². The fraction of sp³-hybridized carbons (Fsp3) is 0.700. The van der Waals surface area contributed by atoms with Crippen molar-refractivity contribution >= 4 is 8.80 Å². The molecular formula is C20H36O3Si. The third kappa shape index (κ3) is 7.05. The number of hydrogen-bond donors (Lipinski definition) is 0. The van der Waals surface area contributed by atoms with E-state index in [1.807, 2.05) is 6.07 Å². The van der Waals surface area contributed by atoms with Crippen LogP contribution >= 0.6 is 0 Å². The standard InChI is InChI=1S/C20H36O3Si/c1-5-8-16-21-24(22-17-9-6-2,23-18-10-7-3)19(4)20-14-12-11-13-15-20/h11-15,19H,5-10,16-18H2,1-4H3. The minimum Gasteiger partial charge on any atom is -0.373 e. The lowest BCUT2D eigenvalue weighted by Gasteiger charge is -2.34. The predicted molar refractivity (Wildman–Crippen MR) is 103 cm³/mol. The van der Waals surface area contributed by atoms with Crippen LogP contribution in [0.1, 0.15) is 77.3 Å². The molecule has 138 valence electrons. The Bertz CT molecular complexity index is 384. The van der Waals surface area contributed by atoms with E-state index in [1.165, 1.54) is 5.56 Å². The first-order valence-electron chi connectivity index (χ1n) is 9.67. The van der Waals surface area contributed by atoms with Gasteiger partial charge in [-0.1, -0.05) is 77.3 Å². The van der Waals surface area contributed by atoms with E-state index in [0.29, 0.717) is 0 Å². The van der Waals surface area contributed by atoms with Gasteiger partial charge in [-0.3, -0.25) is 0 Å². The molecule has 4 heteroatoms. The molecule has 0 aromatic heterocycles. The molecule has 0 bridgehead atoms. The van der Waals surface area contributed by atoms with Gasteiger partial charge in [0.15, 0.2) is 0 Å². The first-order chi connectivity index (χ1) is 11.7. The van der Waals surface area contributed by atoms with Crippen LogP contribution in [0.5, 0.6) is 0 Å². The van der Waals surface area contributed by atoms with Crippen LogP contribution in [0.3, 0.4) is 0 Å². The van der Waals surface area contributed by atoms with Gasteiger partial charge < -0.3 is 13.3 Å². The highest BCUT2D eigenvalue weighted by molar-refractivity contribution is 6.62. The number of rotatable bonds is 14. The summed E-state index contributed by atoms with van der Waals surface area (Å²) >= 11 is 0. The van der Waals surface area contributed by atoms with Crippen molar-refractivity contribution in [1.82, 2.24) is 0 Å². The smallest absolute Gasteiger partial charge is 0.373 e. The first-order valence-corrected chi connectivity index (χ1v) is 11.5. The van der Waals surface area contributed by atoms with Gasteiger partial charge >= 0.3 is 8.80 Å². The van der Waals surface area contributed by atoms with E-state index in [0.717, 1.165) is 58.3 Å². The van der Waals surface area contributed by atoms with Crippen LogP contribution in [0.4, 0.5) is 0 Å². The molecule has 0 fully saturated rings. The maximum atomic E-state index is 6.37. The van der Waals surface area contributed by atoms with Crippen molar-refractivity contribution in [2.75, 3.05) is 19.8 Å². The molecule has 0 heterocycles. The molecule has 1 rings (SSSR count). The summed E-state index contributed by atoms with van der Waals surface area (Å²) in [5.41, 5.74) is 1.40. The molecule has 0 spiro atoms. The maximum absolute atomic E-state index is 6.37. The van der Waals surface area contributed by atoms with Crippen LogP contribution in [0.2, 0.25) is 0 Å². The topological polar surface area (TPSA) is 27.7 Å². The molecule has 1 unspecified atom stereocenters. The summed E-state index contributed by atoms with van der Waals surface area (Å²) in [6.45, 7) is 10.9. The minimum atomic E-state index is -2.75. The van der Waals surface area contributed by atoms with Crippen molar-refractivity contribution in [2.45, 2.75) is 71.8 Å². The van der Waals surface area contributed by atoms with Crippen LogP contribution in [-0.2, 0) is 13.3 Å². The third-order valence-electron chi connectivity index (χ3n) is 4.23. The van der Waals surface area contributed by atoms with Gasteiger partial charge in [-0.05, 0) is 24.8 Å². The molecule has 0 saturated heterocycles. The lowest BCUT2D eigenvalue weighted by molar-refractivity contribution is 0.0488. The number of unbranched alkanes of at least 4 members (excludes halogenated alkanes) is 3. The molecule has 24 heavy (non-hydrogen) atoms. The second-order valence-electron chi connectivity index (χ2n) is 6.34. The lowest BCUT2D eigenvalue weighted by Crippen LogP contribution is -2.51. The normalized spacial score (nSPS) is 13.2. The Labute approximate surface area is 150 Å². The molecule has 0 aliphatic carbocycles. The van der Waals surface area contributed by atoms with E-state index in [2.05, 4.69) is 52.0 Å². The minimum absolute atomic E-state index is 0.157. The van der Waals surface area contributed by atoms with E-state index in [1.54, 1.807) is 0 Å². The van der Waals surface area contributed by atoms with E-state index >= 15 is 0 Å². The van der Waals surface area contributed by atoms with Crippen LogP contribution in [0, 0.1) is 0 Å². The molecule has 0 aliphatic rings. The van der Waals surface area contributed by atoms with Crippen LogP contribution in [-0.4, -0.2) is 28.6 Å². The number of hydrogen-bond acceptors (Lipinski definition) is 3. The third-order valence-corrected chi connectivity index (χ3v) is 7.45. The van der Waals surface area contributed by atoms with Crippen molar-refractivity contribution in [1.29, 1.82) is 0 Å². The summed E-state index contributed by atoms with van der Waals surface area (Å²) in [5.74, 6) is 0. The van der Waals surface area contributed by atoms with Crippen LogP contribution in [0.15, 0.2) is 30.3 Å². The average molecular weight is 353 g/mol. The van der Waals surface area contributed by atoms with Gasteiger partial charge in [0.2, 0.25) is 0 Å². The molecule has 3 nitrogen and oxygen atoms in total. The highest BCUT2D eigenvalue weighted by Gasteiger charge is 2.48. The molecule has 0 radical (unpaired) electrons. The quantitative estimate of drug-likeness (QED) is 0.317. The number of benzene rings is 1. The molecule has 1 aromatic carbocycles. The lowest BCUT2D eigenvalue weighted by atomic mass is 10.2. The van der Waals surface area contributed by atoms with Crippen molar-refractivity contribution in [3.8, 4) is 0 Å². The second kappa shape index (κ2) is 12.6. The van der Waals surface area contributed by atoms with Gasteiger partial charge in [-0.25, -0.2) is 0 Å². The molecule has 0 aliphatic heterocycles. The Morgan fingerprint density at radius 1 is 0.750 bits per heavy atom. The highest BCUT2D eigenvalue weighted by atomic mass is 28.4. The molecule has 0 saturated carbocycles. The fourth-order valence-electron chi connectivity index (χ4n) is 2.52. The summed E-state index contributed by atoms with van der Waals surface area (Å²) in [6.07, 6.45) is 6.50. The molecule has 0 N–H and O–H groups in total. The van der Waals surface area contributed by atoms with E-state index in [4.69, 9.17) is 13.3 Å². The molecule has 1 aromatic rings. The SMILES string of the molecule is CCCCO[Si](OCCCC)(OCCCC)C(C)c1ccccc1. The predicted octanol–water partition coefficient (Wildman–Crippen LogP) is 5.72. The van der Waals surface area contributed by atoms with Crippen molar-refractivity contribution < 1.29 is 13.3 Å². The summed E-state index contributed by atoms with van der Waals surface area (Å²) < 4.78 is 19.1. The first kappa shape index (κ1) is 21.4. The summed E-state index contributed by atoms with van der Waals surface area (Å²) in [5, 5.41) is 0. The van der Waals surface area contributed by atoms with Crippen molar-refractivity contribution in [3.05, 3.63) is 35.9 Å². The Morgan fingerprint density at radius 2 is 1.17 bits per heavy atom. The Hall–Kier alpha value is -0.683. The Balaban J connectivity index is 2.95. The second-order valence-corrected chi connectivity index (χ2v) is 9.28. The van der Waals surface area contributed by atoms with Crippen molar-refractivity contribution in [3.63, 3.8) is 0 Å². The molecule has 1 atom stereocenters. The van der Waals surface area contributed by atoms with Crippen molar-refractivity contribution in [2.24, 2.45) is 0 Å². The fourth-order valence-corrected chi connectivity index (χ4v) is 5.41. The monoisotopic (exact) mass is 352 g/mol. The highest BCUT2D eigenvalue weighted by Crippen LogP contribution is 2.30. The van der Waals surface area contributed by atoms with Gasteiger partial charge in [-0.2, -0.15) is 0 Å². The Morgan fingerprint density at radius 3 is 1.54 bits per heavy atom. The van der Waals surface area contributed by atoms with E-state index in [-0.39, 0.29) is 5.54 Å². The zero-order chi connectivity index (χ0) is 17.7. The average Bonchev–Trinajstić information content (AvgIpc) is 2.62. The summed E-state index contributed by atoms with van der Waals surface area (Å²) in [7, 11) is -2.75. The zero-order valence-electron chi connectivity index (χ0n) is 16.1. The van der Waals surface area contributed by atoms with Gasteiger partial charge in [0.25, 0.3) is 0 Å². The largest absolute Gasteiger partial charge is 0.508 e. The van der Waals surface area contributed by atoms with Gasteiger partial charge in [0.1, 0.15) is 0 Å². The molecule has 0 amide bonds. The maximum Gasteiger partial charge on any atom is 0.508 e. The van der Waals surface area contributed by atoms with Gasteiger partial charge in [-0.15, -0.1) is 0 Å². The Kier molecular flexibility index (Phi) is 11.3. The van der Waals surface area contributed by atoms with Gasteiger partial charge in [0.05, 0.1) is 5.54 Å². The van der Waals surface area contributed by atoms with Gasteiger partial charge in [0, 0.05) is 19.8 Å². The zero-order valence-corrected chi connectivity index (χ0v) is 17.1. The van der Waals surface area contributed by atoms with E-state index < -0.39 is 8.80 Å².